The first-order valence-corrected chi connectivity index (χ1v) is 7.47. The van der Waals surface area contributed by atoms with Crippen LogP contribution in [0.2, 0.25) is 5.82 Å². The zero-order valence-electron chi connectivity index (χ0n) is 12.8. The summed E-state index contributed by atoms with van der Waals surface area (Å²) in [6.07, 6.45) is 0.411. The predicted octanol–water partition coefficient (Wildman–Crippen LogP) is 4.21. The van der Waals surface area contributed by atoms with E-state index in [2.05, 4.69) is 6.07 Å². The topological polar surface area (TPSA) is 42.2 Å². The van der Waals surface area contributed by atoms with Crippen molar-refractivity contribution in [3.8, 4) is 6.07 Å². The lowest BCUT2D eigenvalue weighted by Crippen LogP contribution is -2.27. The molecule has 0 heterocycles. The maximum atomic E-state index is 8.89. The number of hydrogen-bond donors (Lipinski definition) is 0. The van der Waals surface area contributed by atoms with E-state index in [-0.39, 0.29) is 12.9 Å². The molecule has 0 bridgehead atoms. The zero-order valence-corrected chi connectivity index (χ0v) is 12.8. The fourth-order valence-electron chi connectivity index (χ4n) is 2.12. The molecule has 0 saturated carbocycles. The van der Waals surface area contributed by atoms with Crippen LogP contribution in [0.15, 0.2) is 60.7 Å². The van der Waals surface area contributed by atoms with Crippen LogP contribution < -0.4 is 0 Å². The summed E-state index contributed by atoms with van der Waals surface area (Å²) < 4.78 is 11.8. The molecule has 0 aromatic heterocycles. The molecule has 22 heavy (non-hydrogen) atoms. The first-order chi connectivity index (χ1) is 10.8. The molecule has 0 aliphatic heterocycles. The molecule has 0 amide bonds. The largest absolute Gasteiger partial charge is 0.461 e. The van der Waals surface area contributed by atoms with Crippen LogP contribution in [0.25, 0.3) is 0 Å². The van der Waals surface area contributed by atoms with Crippen molar-refractivity contribution in [1.29, 1.82) is 5.26 Å². The van der Waals surface area contributed by atoms with Crippen molar-refractivity contribution in [1.82, 2.24) is 0 Å². The van der Waals surface area contributed by atoms with Gasteiger partial charge in [-0.25, -0.2) is 0 Å². The highest BCUT2D eigenvalue weighted by Gasteiger charge is 2.26. The maximum absolute atomic E-state index is 8.89. The first kappa shape index (κ1) is 16.3. The van der Waals surface area contributed by atoms with Crippen molar-refractivity contribution in [2.24, 2.45) is 0 Å². The summed E-state index contributed by atoms with van der Waals surface area (Å²) in [5.41, 5.74) is 2.19. The second-order valence-corrected chi connectivity index (χ2v) is 5.30. The van der Waals surface area contributed by atoms with E-state index in [9.17, 15) is 0 Å². The van der Waals surface area contributed by atoms with Crippen LogP contribution in [0.5, 0.6) is 0 Å². The lowest BCUT2D eigenvalue weighted by molar-refractivity contribution is 0.174. The highest BCUT2D eigenvalue weighted by atomic mass is 16.6. The Kier molecular flexibility index (Phi) is 6.69. The van der Waals surface area contributed by atoms with Crippen molar-refractivity contribution in [3.05, 3.63) is 71.8 Å². The van der Waals surface area contributed by atoms with Crippen molar-refractivity contribution in [2.45, 2.75) is 32.4 Å². The molecule has 1 unspecified atom stereocenters. The predicted molar refractivity (Wildman–Crippen MR) is 87.9 cm³/mol. The highest BCUT2D eigenvalue weighted by Crippen LogP contribution is 2.18. The van der Waals surface area contributed by atoms with E-state index in [1.54, 1.807) is 0 Å². The van der Waals surface area contributed by atoms with Gasteiger partial charge in [0.1, 0.15) is 0 Å². The van der Waals surface area contributed by atoms with Gasteiger partial charge in [-0.15, -0.1) is 0 Å². The lowest BCUT2D eigenvalue weighted by atomic mass is 9.71. The minimum Gasteiger partial charge on any atom is -0.407 e. The third-order valence-corrected chi connectivity index (χ3v) is 3.39. The molecule has 2 aromatic rings. The summed E-state index contributed by atoms with van der Waals surface area (Å²) in [5.74, 6) is 0.0254. The summed E-state index contributed by atoms with van der Waals surface area (Å²) in [6.45, 7) is 2.94. The monoisotopic (exact) mass is 293 g/mol. The Morgan fingerprint density at radius 1 is 0.909 bits per heavy atom. The number of rotatable bonds is 8. The molecule has 0 aliphatic rings. The van der Waals surface area contributed by atoms with Gasteiger partial charge in [0.25, 0.3) is 0 Å². The molecule has 2 aromatic carbocycles. The Labute approximate surface area is 132 Å². The van der Waals surface area contributed by atoms with Gasteiger partial charge in [0, 0.05) is 12.2 Å². The third kappa shape index (κ3) is 5.36. The summed E-state index contributed by atoms with van der Waals surface area (Å²) in [5, 5.41) is 8.89. The van der Waals surface area contributed by atoms with E-state index in [4.69, 9.17) is 14.6 Å². The Balaban J connectivity index is 1.92. The highest BCUT2D eigenvalue weighted by molar-refractivity contribution is 6.46. The molecule has 0 radical (unpaired) electrons. The van der Waals surface area contributed by atoms with Gasteiger partial charge >= 0.3 is 7.12 Å². The van der Waals surface area contributed by atoms with Crippen LogP contribution in [-0.2, 0) is 22.5 Å². The Hall–Kier alpha value is -2.09. The molecule has 4 heteroatoms. The Morgan fingerprint density at radius 2 is 1.36 bits per heavy atom. The standard InChI is InChI=1S/C18H20BNO2/c1-16(12-13-20)19(21-14-17-8-4-2-5-9-17)22-15-18-10-6-3-7-11-18/h2-11,16H,12,14-15H2,1H3. The van der Waals surface area contributed by atoms with Crippen LogP contribution in [0, 0.1) is 11.3 Å². The van der Waals surface area contributed by atoms with Crippen LogP contribution >= 0.6 is 0 Å². The number of hydrogen-bond acceptors (Lipinski definition) is 3. The van der Waals surface area contributed by atoms with Gasteiger partial charge in [0.2, 0.25) is 0 Å². The molecule has 0 spiro atoms. The fourth-order valence-corrected chi connectivity index (χ4v) is 2.12. The van der Waals surface area contributed by atoms with Crippen molar-refractivity contribution in [3.63, 3.8) is 0 Å². The molecule has 0 saturated heterocycles. The molecule has 2 rings (SSSR count). The Bertz CT molecular complexity index is 540. The van der Waals surface area contributed by atoms with Crippen LogP contribution in [-0.4, -0.2) is 7.12 Å². The molecule has 0 aliphatic carbocycles. The zero-order chi connectivity index (χ0) is 15.6. The minimum atomic E-state index is -0.389. The summed E-state index contributed by atoms with van der Waals surface area (Å²) in [6, 6.07) is 22.1. The smallest absolute Gasteiger partial charge is 0.407 e. The number of nitrogens with zero attached hydrogens (tertiary/aromatic N) is 1. The maximum Gasteiger partial charge on any atom is 0.461 e. The van der Waals surface area contributed by atoms with Crippen LogP contribution in [0.1, 0.15) is 24.5 Å². The third-order valence-electron chi connectivity index (χ3n) is 3.39. The van der Waals surface area contributed by atoms with Gasteiger partial charge in [-0.05, 0) is 11.1 Å². The SMILES string of the molecule is CC(CC#N)B(OCc1ccccc1)OCc1ccccc1. The van der Waals surface area contributed by atoms with E-state index in [0.717, 1.165) is 11.1 Å². The van der Waals surface area contributed by atoms with E-state index < -0.39 is 0 Å². The first-order valence-electron chi connectivity index (χ1n) is 7.47. The van der Waals surface area contributed by atoms with Crippen molar-refractivity contribution in [2.75, 3.05) is 0 Å². The van der Waals surface area contributed by atoms with Gasteiger partial charge in [0.15, 0.2) is 0 Å². The quantitative estimate of drug-likeness (QED) is 0.685. The van der Waals surface area contributed by atoms with E-state index in [1.807, 2.05) is 67.6 Å². The van der Waals surface area contributed by atoms with Crippen LogP contribution in [0.4, 0.5) is 0 Å². The number of nitriles is 1. The molecule has 0 fully saturated rings. The lowest BCUT2D eigenvalue weighted by Gasteiger charge is -2.19. The van der Waals surface area contributed by atoms with E-state index in [1.165, 1.54) is 0 Å². The summed E-state index contributed by atoms with van der Waals surface area (Å²) in [4.78, 5) is 0. The molecular weight excluding hydrogens is 273 g/mol. The summed E-state index contributed by atoms with van der Waals surface area (Å²) >= 11 is 0. The summed E-state index contributed by atoms with van der Waals surface area (Å²) in [7, 11) is -0.389. The average Bonchev–Trinajstić information content (AvgIpc) is 2.57. The fraction of sp³-hybridized carbons (Fsp3) is 0.278. The molecule has 112 valence electrons. The molecular formula is C18H20BNO2. The second kappa shape index (κ2) is 9.04. The minimum absolute atomic E-state index is 0.0254. The van der Waals surface area contributed by atoms with Gasteiger partial charge < -0.3 is 9.31 Å². The average molecular weight is 293 g/mol. The van der Waals surface area contributed by atoms with Gasteiger partial charge in [-0.1, -0.05) is 67.6 Å². The van der Waals surface area contributed by atoms with Gasteiger partial charge in [-0.3, -0.25) is 0 Å². The van der Waals surface area contributed by atoms with Crippen molar-refractivity contribution >= 4 is 7.12 Å². The van der Waals surface area contributed by atoms with Crippen LogP contribution in [0.3, 0.4) is 0 Å². The Morgan fingerprint density at radius 3 is 1.77 bits per heavy atom. The van der Waals surface area contributed by atoms with Gasteiger partial charge in [0.05, 0.1) is 19.3 Å². The van der Waals surface area contributed by atoms with E-state index >= 15 is 0 Å². The van der Waals surface area contributed by atoms with E-state index in [0.29, 0.717) is 19.6 Å². The molecule has 1 atom stereocenters. The number of benzene rings is 2. The normalized spacial score (nSPS) is 11.6. The molecule has 0 N–H and O–H groups in total. The van der Waals surface area contributed by atoms with Gasteiger partial charge in [-0.2, -0.15) is 5.26 Å². The molecule has 3 nitrogen and oxygen atoms in total. The van der Waals surface area contributed by atoms with Crippen molar-refractivity contribution < 1.29 is 9.31 Å². The second-order valence-electron chi connectivity index (χ2n) is 5.30.